The van der Waals surface area contributed by atoms with E-state index in [-0.39, 0.29) is 11.2 Å². The molecule has 4 fully saturated rings. The molecule has 5 atom stereocenters. The number of rotatable bonds is 0. The summed E-state index contributed by atoms with van der Waals surface area (Å²) in [6.07, 6.45) is 11.1. The first kappa shape index (κ1) is 15.6. The van der Waals surface area contributed by atoms with Crippen molar-refractivity contribution >= 4 is 5.78 Å². The molecule has 3 heteroatoms. The van der Waals surface area contributed by atoms with Crippen molar-refractivity contribution in [2.45, 2.75) is 71.0 Å². The standard InChI is InChI=1S/C21H30O3/c1-19-9-10-21(23-11-12-24-21)13-14(19)3-4-15-16-5-6-18(22)20(16,2)8-7-17(15)19/h3,15-17H,4-13H2,1-2H3/t15-,16-,17-,19-,20-/m0/s1. The summed E-state index contributed by atoms with van der Waals surface area (Å²) in [5.41, 5.74) is 1.87. The third-order valence-corrected chi connectivity index (χ3v) is 8.63. The second-order valence-corrected chi connectivity index (χ2v) is 9.46. The Morgan fingerprint density at radius 1 is 1.00 bits per heavy atom. The molecule has 0 aromatic heterocycles. The van der Waals surface area contributed by atoms with Crippen LogP contribution in [0.3, 0.4) is 0 Å². The summed E-state index contributed by atoms with van der Waals surface area (Å²) >= 11 is 0. The van der Waals surface area contributed by atoms with Gasteiger partial charge >= 0.3 is 0 Å². The van der Waals surface area contributed by atoms with Crippen LogP contribution in [0.1, 0.15) is 65.2 Å². The number of fused-ring (bicyclic) bond motifs is 5. The number of allylic oxidation sites excluding steroid dienone is 1. The lowest BCUT2D eigenvalue weighted by molar-refractivity contribution is -0.185. The highest BCUT2D eigenvalue weighted by Gasteiger charge is 2.60. The maximum absolute atomic E-state index is 12.5. The van der Waals surface area contributed by atoms with Gasteiger partial charge in [0.2, 0.25) is 0 Å². The first-order valence-corrected chi connectivity index (χ1v) is 9.98. The van der Waals surface area contributed by atoms with Gasteiger partial charge < -0.3 is 9.47 Å². The summed E-state index contributed by atoms with van der Waals surface area (Å²) in [7, 11) is 0. The Labute approximate surface area is 145 Å². The second kappa shape index (κ2) is 4.94. The molecular formula is C21H30O3. The summed E-state index contributed by atoms with van der Waals surface area (Å²) in [5.74, 6) is 2.31. The third kappa shape index (κ3) is 1.89. The molecule has 0 N–H and O–H groups in total. The molecule has 0 aromatic rings. The molecule has 132 valence electrons. The molecule has 1 heterocycles. The summed E-state index contributed by atoms with van der Waals surface area (Å²) < 4.78 is 12.0. The predicted octanol–water partition coefficient (Wildman–Crippen LogP) is 4.26. The van der Waals surface area contributed by atoms with E-state index >= 15 is 0 Å². The van der Waals surface area contributed by atoms with Gasteiger partial charge in [0.15, 0.2) is 5.79 Å². The smallest absolute Gasteiger partial charge is 0.172 e. The fourth-order valence-electron chi connectivity index (χ4n) is 7.12. The van der Waals surface area contributed by atoms with Crippen LogP contribution in [0.25, 0.3) is 0 Å². The molecule has 5 aliphatic rings. The summed E-state index contributed by atoms with van der Waals surface area (Å²) in [5, 5.41) is 0. The Balaban J connectivity index is 1.47. The Hall–Kier alpha value is -0.670. The fraction of sp³-hybridized carbons (Fsp3) is 0.857. The maximum Gasteiger partial charge on any atom is 0.172 e. The molecular weight excluding hydrogens is 300 g/mol. The number of hydrogen-bond acceptors (Lipinski definition) is 3. The van der Waals surface area contributed by atoms with Gasteiger partial charge in [-0.2, -0.15) is 0 Å². The quantitative estimate of drug-likeness (QED) is 0.623. The van der Waals surface area contributed by atoms with Gasteiger partial charge in [0.1, 0.15) is 5.78 Å². The van der Waals surface area contributed by atoms with E-state index in [0.29, 0.717) is 23.0 Å². The van der Waals surface area contributed by atoms with Crippen molar-refractivity contribution in [1.82, 2.24) is 0 Å². The lowest BCUT2D eigenvalue weighted by Gasteiger charge is -2.57. The number of hydrogen-bond donors (Lipinski definition) is 0. The zero-order valence-corrected chi connectivity index (χ0v) is 15.1. The van der Waals surface area contributed by atoms with Crippen LogP contribution in [0.2, 0.25) is 0 Å². The van der Waals surface area contributed by atoms with Gasteiger partial charge in [-0.15, -0.1) is 0 Å². The fourth-order valence-corrected chi connectivity index (χ4v) is 7.12. The normalized spacial score (nSPS) is 49.5. The average Bonchev–Trinajstić information content (AvgIpc) is 3.14. The van der Waals surface area contributed by atoms with Crippen molar-refractivity contribution < 1.29 is 14.3 Å². The first-order valence-electron chi connectivity index (χ1n) is 9.98. The van der Waals surface area contributed by atoms with E-state index in [2.05, 4.69) is 19.9 Å². The highest BCUT2D eigenvalue weighted by molar-refractivity contribution is 5.87. The summed E-state index contributed by atoms with van der Waals surface area (Å²) in [6, 6.07) is 0. The molecule has 3 saturated carbocycles. The molecule has 5 rings (SSSR count). The van der Waals surface area contributed by atoms with Crippen LogP contribution in [-0.4, -0.2) is 24.8 Å². The van der Waals surface area contributed by atoms with Gasteiger partial charge in [-0.25, -0.2) is 0 Å². The minimum atomic E-state index is -0.315. The molecule has 0 radical (unpaired) electrons. The Morgan fingerprint density at radius 3 is 2.54 bits per heavy atom. The Morgan fingerprint density at radius 2 is 1.75 bits per heavy atom. The second-order valence-electron chi connectivity index (χ2n) is 9.46. The number of ketones is 1. The van der Waals surface area contributed by atoms with E-state index in [1.807, 2.05) is 0 Å². The Kier molecular flexibility index (Phi) is 3.21. The van der Waals surface area contributed by atoms with E-state index in [1.165, 1.54) is 19.3 Å². The van der Waals surface area contributed by atoms with Crippen LogP contribution in [0.5, 0.6) is 0 Å². The SMILES string of the molecule is C[C@]12CCC3(CC1=CC[C@@H]1[C@@H]2CC[C@]2(C)C(=O)CC[C@@H]12)OCCO3. The molecule has 24 heavy (non-hydrogen) atoms. The van der Waals surface area contributed by atoms with Gasteiger partial charge in [0.25, 0.3) is 0 Å². The number of Topliss-reactive ketones (excluding diaryl/α,β-unsaturated/α-hetero) is 1. The molecule has 0 amide bonds. The predicted molar refractivity (Wildman–Crippen MR) is 91.3 cm³/mol. The van der Waals surface area contributed by atoms with E-state index in [1.54, 1.807) is 5.57 Å². The van der Waals surface area contributed by atoms with Gasteiger partial charge in [-0.3, -0.25) is 4.79 Å². The van der Waals surface area contributed by atoms with Crippen LogP contribution in [0, 0.1) is 28.6 Å². The van der Waals surface area contributed by atoms with Crippen molar-refractivity contribution in [2.75, 3.05) is 13.2 Å². The zero-order valence-electron chi connectivity index (χ0n) is 15.1. The molecule has 1 aliphatic heterocycles. The van der Waals surface area contributed by atoms with Gasteiger partial charge in [0, 0.05) is 24.7 Å². The van der Waals surface area contributed by atoms with Crippen molar-refractivity contribution in [3.8, 4) is 0 Å². The van der Waals surface area contributed by atoms with Crippen molar-refractivity contribution in [2.24, 2.45) is 28.6 Å². The van der Waals surface area contributed by atoms with Gasteiger partial charge in [-0.1, -0.05) is 25.5 Å². The van der Waals surface area contributed by atoms with Crippen molar-refractivity contribution in [3.05, 3.63) is 11.6 Å². The van der Waals surface area contributed by atoms with E-state index < -0.39 is 0 Å². The molecule has 0 aromatic carbocycles. The lowest BCUT2D eigenvalue weighted by atomic mass is 9.48. The molecule has 1 spiro atoms. The third-order valence-electron chi connectivity index (χ3n) is 8.63. The monoisotopic (exact) mass is 330 g/mol. The van der Waals surface area contributed by atoms with E-state index in [9.17, 15) is 4.79 Å². The molecule has 3 nitrogen and oxygen atoms in total. The number of ether oxygens (including phenoxy) is 2. The molecule has 4 aliphatic carbocycles. The topological polar surface area (TPSA) is 35.5 Å². The zero-order chi connectivity index (χ0) is 16.6. The van der Waals surface area contributed by atoms with Crippen LogP contribution >= 0.6 is 0 Å². The van der Waals surface area contributed by atoms with Crippen LogP contribution in [-0.2, 0) is 14.3 Å². The van der Waals surface area contributed by atoms with E-state index in [4.69, 9.17) is 9.47 Å². The first-order chi connectivity index (χ1) is 11.5. The number of carbonyl (C=O) groups is 1. The molecule has 1 saturated heterocycles. The maximum atomic E-state index is 12.5. The Bertz CT molecular complexity index is 602. The van der Waals surface area contributed by atoms with Crippen LogP contribution in [0.4, 0.5) is 0 Å². The summed E-state index contributed by atoms with van der Waals surface area (Å²) in [4.78, 5) is 12.5. The number of carbonyl (C=O) groups excluding carboxylic acids is 1. The van der Waals surface area contributed by atoms with Crippen LogP contribution in [0.15, 0.2) is 11.6 Å². The average molecular weight is 330 g/mol. The van der Waals surface area contributed by atoms with E-state index in [0.717, 1.165) is 51.2 Å². The van der Waals surface area contributed by atoms with Crippen LogP contribution < -0.4 is 0 Å². The molecule has 0 unspecified atom stereocenters. The van der Waals surface area contributed by atoms with Gasteiger partial charge in [-0.05, 0) is 55.3 Å². The van der Waals surface area contributed by atoms with Gasteiger partial charge in [0.05, 0.1) is 13.2 Å². The highest BCUT2D eigenvalue weighted by Crippen LogP contribution is 2.65. The van der Waals surface area contributed by atoms with Crippen molar-refractivity contribution in [3.63, 3.8) is 0 Å². The molecule has 0 bridgehead atoms. The minimum Gasteiger partial charge on any atom is -0.347 e. The van der Waals surface area contributed by atoms with Crippen molar-refractivity contribution in [1.29, 1.82) is 0 Å². The lowest BCUT2D eigenvalue weighted by Crippen LogP contribution is -2.52. The minimum absolute atomic E-state index is 0.0174. The largest absolute Gasteiger partial charge is 0.347 e. The summed E-state index contributed by atoms with van der Waals surface area (Å²) in [6.45, 7) is 6.26. The highest BCUT2D eigenvalue weighted by atomic mass is 16.7.